The molecule has 108 valence electrons. The molecule has 1 aromatic rings. The highest BCUT2D eigenvalue weighted by Gasteiger charge is 2.52. The van der Waals surface area contributed by atoms with Crippen LogP contribution in [0.25, 0.3) is 0 Å². The average molecular weight is 387 g/mol. The quantitative estimate of drug-likeness (QED) is 0.454. The molecule has 0 radical (unpaired) electrons. The molecule has 20 heavy (non-hydrogen) atoms. The summed E-state index contributed by atoms with van der Waals surface area (Å²) in [6, 6.07) is 1.99. The Morgan fingerprint density at radius 3 is 2.40 bits per heavy atom. The maximum Gasteiger partial charge on any atom is 0.498 e. The zero-order chi connectivity index (χ0) is 14.5. The van der Waals surface area contributed by atoms with Crippen molar-refractivity contribution < 1.29 is 14.0 Å². The van der Waals surface area contributed by atoms with Gasteiger partial charge in [-0.3, -0.25) is 0 Å². The molecule has 0 atom stereocenters. The molecule has 1 aliphatic carbocycles. The first-order valence-corrected chi connectivity index (χ1v) is 8.04. The topological polar surface area (TPSA) is 40.6 Å². The van der Waals surface area contributed by atoms with Crippen molar-refractivity contribution in [2.75, 3.05) is 0 Å². The molecule has 0 unspecified atom stereocenters. The predicted octanol–water partition coefficient (Wildman–Crippen LogP) is 2.53. The van der Waals surface area contributed by atoms with Gasteiger partial charge in [-0.15, -0.1) is 0 Å². The second-order valence-corrected chi connectivity index (χ2v) is 7.56. The van der Waals surface area contributed by atoms with E-state index in [0.717, 1.165) is 27.8 Å². The lowest BCUT2D eigenvalue weighted by Gasteiger charge is -2.32. The number of aromatic nitrogens is 1. The summed E-state index contributed by atoms with van der Waals surface area (Å²) in [5.74, 6) is 0.784. The van der Waals surface area contributed by atoms with Gasteiger partial charge in [0.05, 0.1) is 23.5 Å². The van der Waals surface area contributed by atoms with Gasteiger partial charge in [-0.2, -0.15) is 0 Å². The monoisotopic (exact) mass is 387 g/mol. The molecule has 1 aliphatic heterocycles. The second kappa shape index (κ2) is 4.85. The van der Waals surface area contributed by atoms with Crippen molar-refractivity contribution in [2.24, 2.45) is 0 Å². The fourth-order valence-corrected chi connectivity index (χ4v) is 2.52. The Hall–Kier alpha value is -0.335. The van der Waals surface area contributed by atoms with Crippen molar-refractivity contribution >= 4 is 35.2 Å². The van der Waals surface area contributed by atoms with E-state index < -0.39 is 7.12 Å². The molecule has 1 saturated heterocycles. The third-order valence-electron chi connectivity index (χ3n) is 4.19. The average Bonchev–Trinajstić information content (AvgIpc) is 3.10. The number of ether oxygens (including phenoxy) is 1. The van der Waals surface area contributed by atoms with Gasteiger partial charge in [-0.25, -0.2) is 4.98 Å². The highest BCUT2D eigenvalue weighted by Crippen LogP contribution is 2.37. The van der Waals surface area contributed by atoms with Gasteiger partial charge in [0.25, 0.3) is 0 Å². The van der Waals surface area contributed by atoms with Crippen molar-refractivity contribution in [3.8, 4) is 5.75 Å². The maximum absolute atomic E-state index is 6.11. The van der Waals surface area contributed by atoms with E-state index in [2.05, 4.69) is 55.3 Å². The van der Waals surface area contributed by atoms with Gasteiger partial charge < -0.3 is 14.0 Å². The molecule has 6 heteroatoms. The van der Waals surface area contributed by atoms with E-state index in [0.29, 0.717) is 6.10 Å². The van der Waals surface area contributed by atoms with E-state index in [4.69, 9.17) is 14.0 Å². The number of pyridine rings is 1. The Kier molecular flexibility index (Phi) is 3.54. The van der Waals surface area contributed by atoms with Crippen LogP contribution in [0.5, 0.6) is 5.75 Å². The molecule has 0 amide bonds. The maximum atomic E-state index is 6.11. The fourth-order valence-electron chi connectivity index (χ4n) is 2.05. The molecule has 0 spiro atoms. The second-order valence-electron chi connectivity index (χ2n) is 6.45. The standard InChI is InChI=1S/C14H19BINO3/c1-13(2)14(3,4)20-15(19-13)10-7-12(16)17-8-11(10)18-9-5-6-9/h7-9H,5-6H2,1-4H3. The minimum atomic E-state index is -0.398. The van der Waals surface area contributed by atoms with Crippen molar-refractivity contribution in [2.45, 2.75) is 57.8 Å². The van der Waals surface area contributed by atoms with Crippen LogP contribution in [0.15, 0.2) is 12.3 Å². The van der Waals surface area contributed by atoms with Crippen molar-refractivity contribution in [3.05, 3.63) is 16.0 Å². The zero-order valence-electron chi connectivity index (χ0n) is 12.3. The van der Waals surface area contributed by atoms with Crippen LogP contribution in [-0.2, 0) is 9.31 Å². The molecular formula is C14H19BINO3. The Morgan fingerprint density at radius 1 is 1.25 bits per heavy atom. The smallest absolute Gasteiger partial charge is 0.489 e. The lowest BCUT2D eigenvalue weighted by atomic mass is 9.79. The van der Waals surface area contributed by atoms with Gasteiger partial charge in [-0.1, -0.05) is 0 Å². The molecular weight excluding hydrogens is 368 g/mol. The van der Waals surface area contributed by atoms with Crippen LogP contribution in [0.2, 0.25) is 0 Å². The fraction of sp³-hybridized carbons (Fsp3) is 0.643. The number of nitrogens with zero attached hydrogens (tertiary/aromatic N) is 1. The molecule has 0 N–H and O–H groups in total. The summed E-state index contributed by atoms with van der Waals surface area (Å²) in [6.45, 7) is 8.22. The minimum absolute atomic E-state index is 0.332. The van der Waals surface area contributed by atoms with Crippen LogP contribution in [0.1, 0.15) is 40.5 Å². The Morgan fingerprint density at radius 2 is 1.85 bits per heavy atom. The number of hydrogen-bond acceptors (Lipinski definition) is 4. The largest absolute Gasteiger partial charge is 0.498 e. The van der Waals surface area contributed by atoms with Crippen LogP contribution in [0.3, 0.4) is 0 Å². The Bertz CT molecular complexity index is 515. The number of hydrogen-bond donors (Lipinski definition) is 0. The lowest BCUT2D eigenvalue weighted by molar-refractivity contribution is 0.00578. The van der Waals surface area contributed by atoms with E-state index in [1.165, 1.54) is 0 Å². The Balaban J connectivity index is 1.91. The molecule has 0 bridgehead atoms. The minimum Gasteiger partial charge on any atom is -0.489 e. The molecule has 2 heterocycles. The molecule has 0 aromatic carbocycles. The Labute approximate surface area is 133 Å². The van der Waals surface area contributed by atoms with Gasteiger partial charge >= 0.3 is 7.12 Å². The van der Waals surface area contributed by atoms with Gasteiger partial charge in [0.1, 0.15) is 9.45 Å². The number of halogens is 1. The van der Waals surface area contributed by atoms with E-state index in [1.54, 1.807) is 6.20 Å². The summed E-state index contributed by atoms with van der Waals surface area (Å²) in [5, 5.41) is 0. The van der Waals surface area contributed by atoms with Gasteiger partial charge in [0.15, 0.2) is 0 Å². The van der Waals surface area contributed by atoms with Crippen LogP contribution >= 0.6 is 22.6 Å². The third-order valence-corrected chi connectivity index (χ3v) is 4.78. The molecule has 3 rings (SSSR count). The molecule has 2 aliphatic rings. The van der Waals surface area contributed by atoms with Crippen LogP contribution in [0, 0.1) is 3.70 Å². The van der Waals surface area contributed by atoms with Crippen LogP contribution < -0.4 is 10.2 Å². The zero-order valence-corrected chi connectivity index (χ0v) is 14.4. The molecule has 1 saturated carbocycles. The SMILES string of the molecule is CC1(C)OB(c2cc(I)ncc2OC2CC2)OC1(C)C. The first-order chi connectivity index (χ1) is 9.28. The summed E-state index contributed by atoms with van der Waals surface area (Å²) in [6.07, 6.45) is 4.35. The number of rotatable bonds is 3. The summed E-state index contributed by atoms with van der Waals surface area (Å²) in [4.78, 5) is 4.32. The van der Waals surface area contributed by atoms with Crippen molar-refractivity contribution in [1.29, 1.82) is 0 Å². The first-order valence-electron chi connectivity index (χ1n) is 6.96. The summed E-state index contributed by atoms with van der Waals surface area (Å²) in [5.41, 5.74) is 0.252. The van der Waals surface area contributed by atoms with E-state index in [-0.39, 0.29) is 11.2 Å². The molecule has 1 aromatic heterocycles. The van der Waals surface area contributed by atoms with Gasteiger partial charge in [0, 0.05) is 5.46 Å². The molecule has 2 fully saturated rings. The van der Waals surface area contributed by atoms with E-state index in [1.807, 2.05) is 6.07 Å². The highest BCUT2D eigenvalue weighted by atomic mass is 127. The lowest BCUT2D eigenvalue weighted by Crippen LogP contribution is -2.41. The highest BCUT2D eigenvalue weighted by molar-refractivity contribution is 14.1. The summed E-state index contributed by atoms with van der Waals surface area (Å²) in [7, 11) is -0.398. The van der Waals surface area contributed by atoms with E-state index in [9.17, 15) is 0 Å². The van der Waals surface area contributed by atoms with E-state index >= 15 is 0 Å². The third kappa shape index (κ3) is 2.70. The molecule has 4 nitrogen and oxygen atoms in total. The van der Waals surface area contributed by atoms with Crippen molar-refractivity contribution in [1.82, 2.24) is 4.98 Å². The van der Waals surface area contributed by atoms with Crippen molar-refractivity contribution in [3.63, 3.8) is 0 Å². The van der Waals surface area contributed by atoms with Gasteiger partial charge in [-0.05, 0) is 69.2 Å². The van der Waals surface area contributed by atoms with Gasteiger partial charge in [0.2, 0.25) is 0 Å². The first kappa shape index (κ1) is 14.6. The predicted molar refractivity (Wildman–Crippen MR) is 86.3 cm³/mol. The van der Waals surface area contributed by atoms with Crippen LogP contribution in [0.4, 0.5) is 0 Å². The summed E-state index contributed by atoms with van der Waals surface area (Å²) >= 11 is 2.20. The normalized spacial score (nSPS) is 23.9. The summed E-state index contributed by atoms with van der Waals surface area (Å²) < 4.78 is 19.1. The van der Waals surface area contributed by atoms with Crippen LogP contribution in [-0.4, -0.2) is 29.4 Å².